The zero-order valence-corrected chi connectivity index (χ0v) is 10.1. The van der Waals surface area contributed by atoms with Gasteiger partial charge in [0.25, 0.3) is 0 Å². The first kappa shape index (κ1) is 12.3. The molecule has 0 aliphatic heterocycles. The Labute approximate surface area is 109 Å². The van der Waals surface area contributed by atoms with Crippen LogP contribution in [0.3, 0.4) is 0 Å². The molecular weight excluding hydrogens is 252 g/mol. The third-order valence-electron chi connectivity index (χ3n) is 2.29. The molecule has 0 aliphatic rings. The van der Waals surface area contributed by atoms with Crippen molar-refractivity contribution in [2.45, 2.75) is 0 Å². The Bertz CT molecular complexity index is 576. The summed E-state index contributed by atoms with van der Waals surface area (Å²) >= 11 is 5.78. The Morgan fingerprint density at radius 3 is 2.44 bits per heavy atom. The molecule has 18 heavy (non-hydrogen) atoms. The number of halogens is 1. The van der Waals surface area contributed by atoms with Crippen LogP contribution in [0.15, 0.2) is 48.5 Å². The topological polar surface area (TPSA) is 43.4 Å². The Morgan fingerprint density at radius 2 is 1.83 bits per heavy atom. The lowest BCUT2D eigenvalue weighted by Gasteiger charge is -2.04. The van der Waals surface area contributed by atoms with Crippen LogP contribution in [0.25, 0.3) is 0 Å². The molecule has 0 saturated carbocycles. The summed E-state index contributed by atoms with van der Waals surface area (Å²) in [5.41, 5.74) is 0.902. The normalized spacial score (nSPS) is 9.83. The van der Waals surface area contributed by atoms with Gasteiger partial charge in [-0.1, -0.05) is 17.7 Å². The molecule has 2 aromatic rings. The third-order valence-corrected chi connectivity index (χ3v) is 2.52. The number of carbonyl (C=O) groups excluding carboxylic acids is 2. The number of benzene rings is 2. The Morgan fingerprint density at radius 1 is 1.11 bits per heavy atom. The second kappa shape index (κ2) is 5.47. The zero-order chi connectivity index (χ0) is 13.0. The van der Waals surface area contributed by atoms with Gasteiger partial charge in [0, 0.05) is 10.6 Å². The van der Waals surface area contributed by atoms with Crippen molar-refractivity contribution in [2.75, 3.05) is 0 Å². The molecule has 0 aliphatic carbocycles. The van der Waals surface area contributed by atoms with Crippen LogP contribution in [-0.2, 0) is 0 Å². The van der Waals surface area contributed by atoms with Crippen LogP contribution in [0.1, 0.15) is 20.7 Å². The van der Waals surface area contributed by atoms with Crippen LogP contribution in [0, 0.1) is 0 Å². The summed E-state index contributed by atoms with van der Waals surface area (Å²) in [5.74, 6) is -0.109. The standard InChI is InChI=1S/C14H9ClO3/c15-12-3-1-2-11(8-12)14(17)18-13-6-4-10(9-16)5-7-13/h1-9H. The van der Waals surface area contributed by atoms with Gasteiger partial charge in [-0.15, -0.1) is 0 Å². The van der Waals surface area contributed by atoms with Gasteiger partial charge in [-0.2, -0.15) is 0 Å². The third kappa shape index (κ3) is 2.96. The summed E-state index contributed by atoms with van der Waals surface area (Å²) in [6.45, 7) is 0. The van der Waals surface area contributed by atoms with Gasteiger partial charge in [0.2, 0.25) is 0 Å². The zero-order valence-electron chi connectivity index (χ0n) is 9.30. The molecule has 0 unspecified atom stereocenters. The van der Waals surface area contributed by atoms with E-state index in [0.29, 0.717) is 21.9 Å². The van der Waals surface area contributed by atoms with E-state index in [0.717, 1.165) is 6.29 Å². The van der Waals surface area contributed by atoms with Crippen molar-refractivity contribution < 1.29 is 14.3 Å². The molecule has 4 heteroatoms. The monoisotopic (exact) mass is 260 g/mol. The number of ether oxygens (including phenoxy) is 1. The molecule has 0 radical (unpaired) electrons. The molecule has 0 fully saturated rings. The summed E-state index contributed by atoms with van der Waals surface area (Å²) < 4.78 is 5.14. The first-order chi connectivity index (χ1) is 8.69. The lowest BCUT2D eigenvalue weighted by Crippen LogP contribution is -2.08. The van der Waals surface area contributed by atoms with E-state index >= 15 is 0 Å². The van der Waals surface area contributed by atoms with E-state index in [-0.39, 0.29) is 0 Å². The van der Waals surface area contributed by atoms with Gasteiger partial charge in [-0.05, 0) is 42.5 Å². The van der Waals surface area contributed by atoms with Crippen LogP contribution in [0.2, 0.25) is 5.02 Å². The van der Waals surface area contributed by atoms with E-state index in [1.54, 1.807) is 42.5 Å². The molecule has 2 rings (SSSR count). The fraction of sp³-hybridized carbons (Fsp3) is 0. The maximum Gasteiger partial charge on any atom is 0.343 e. The molecule has 0 N–H and O–H groups in total. The summed E-state index contributed by atoms with van der Waals surface area (Å²) in [7, 11) is 0. The van der Waals surface area contributed by atoms with Crippen LogP contribution in [-0.4, -0.2) is 12.3 Å². The molecule has 0 bridgehead atoms. The smallest absolute Gasteiger partial charge is 0.343 e. The molecule has 0 amide bonds. The highest BCUT2D eigenvalue weighted by molar-refractivity contribution is 6.30. The quantitative estimate of drug-likeness (QED) is 0.483. The molecule has 0 spiro atoms. The highest BCUT2D eigenvalue weighted by Crippen LogP contribution is 2.15. The summed E-state index contributed by atoms with van der Waals surface area (Å²) in [6, 6.07) is 12.8. The van der Waals surface area contributed by atoms with Gasteiger partial charge in [-0.3, -0.25) is 4.79 Å². The van der Waals surface area contributed by atoms with Crippen LogP contribution >= 0.6 is 11.6 Å². The van der Waals surface area contributed by atoms with Crippen molar-refractivity contribution in [1.29, 1.82) is 0 Å². The molecule has 0 saturated heterocycles. The molecule has 2 aromatic carbocycles. The summed E-state index contributed by atoms with van der Waals surface area (Å²) in [5, 5.41) is 0.473. The maximum absolute atomic E-state index is 11.8. The minimum absolute atomic E-state index is 0.377. The van der Waals surface area contributed by atoms with Crippen molar-refractivity contribution in [3.05, 3.63) is 64.7 Å². The highest BCUT2D eigenvalue weighted by atomic mass is 35.5. The first-order valence-electron chi connectivity index (χ1n) is 5.22. The highest BCUT2D eigenvalue weighted by Gasteiger charge is 2.08. The largest absolute Gasteiger partial charge is 0.423 e. The lowest BCUT2D eigenvalue weighted by atomic mass is 10.2. The van der Waals surface area contributed by atoms with Crippen molar-refractivity contribution in [1.82, 2.24) is 0 Å². The van der Waals surface area contributed by atoms with Crippen molar-refractivity contribution in [3.63, 3.8) is 0 Å². The predicted octanol–water partition coefficient (Wildman–Crippen LogP) is 3.37. The maximum atomic E-state index is 11.8. The van der Waals surface area contributed by atoms with E-state index in [1.807, 2.05) is 0 Å². The average molecular weight is 261 g/mol. The predicted molar refractivity (Wildman–Crippen MR) is 68.2 cm³/mol. The SMILES string of the molecule is O=Cc1ccc(OC(=O)c2cccc(Cl)c2)cc1. The van der Waals surface area contributed by atoms with Gasteiger partial charge in [0.05, 0.1) is 5.56 Å². The Hall–Kier alpha value is -2.13. The first-order valence-corrected chi connectivity index (χ1v) is 5.60. The minimum Gasteiger partial charge on any atom is -0.423 e. The van der Waals surface area contributed by atoms with Gasteiger partial charge >= 0.3 is 5.97 Å². The minimum atomic E-state index is -0.489. The second-order valence-electron chi connectivity index (χ2n) is 3.59. The number of aldehydes is 1. The molecular formula is C14H9ClO3. The lowest BCUT2D eigenvalue weighted by molar-refractivity contribution is 0.0734. The van der Waals surface area contributed by atoms with Crippen LogP contribution < -0.4 is 4.74 Å². The average Bonchev–Trinajstić information content (AvgIpc) is 2.39. The number of carbonyl (C=O) groups is 2. The fourth-order valence-corrected chi connectivity index (χ4v) is 1.59. The summed E-state index contributed by atoms with van der Waals surface area (Å²) in [4.78, 5) is 22.2. The fourth-order valence-electron chi connectivity index (χ4n) is 1.40. The Balaban J connectivity index is 2.13. The molecule has 0 heterocycles. The van der Waals surface area contributed by atoms with E-state index in [9.17, 15) is 9.59 Å². The number of hydrogen-bond donors (Lipinski definition) is 0. The second-order valence-corrected chi connectivity index (χ2v) is 4.02. The van der Waals surface area contributed by atoms with E-state index in [1.165, 1.54) is 6.07 Å². The van der Waals surface area contributed by atoms with Crippen molar-refractivity contribution in [3.8, 4) is 5.75 Å². The van der Waals surface area contributed by atoms with E-state index in [4.69, 9.17) is 16.3 Å². The van der Waals surface area contributed by atoms with Crippen LogP contribution in [0.4, 0.5) is 0 Å². The van der Waals surface area contributed by atoms with Gasteiger partial charge < -0.3 is 4.74 Å². The van der Waals surface area contributed by atoms with E-state index in [2.05, 4.69) is 0 Å². The number of hydrogen-bond acceptors (Lipinski definition) is 3. The molecule has 0 atom stereocenters. The molecule has 90 valence electrons. The van der Waals surface area contributed by atoms with Gasteiger partial charge in [-0.25, -0.2) is 4.79 Å². The number of esters is 1. The summed E-state index contributed by atoms with van der Waals surface area (Å²) in [6.07, 6.45) is 0.725. The Kier molecular flexibility index (Phi) is 3.75. The van der Waals surface area contributed by atoms with Gasteiger partial charge in [0.1, 0.15) is 12.0 Å². The van der Waals surface area contributed by atoms with Crippen molar-refractivity contribution in [2.24, 2.45) is 0 Å². The molecule has 0 aromatic heterocycles. The number of rotatable bonds is 3. The molecule has 3 nitrogen and oxygen atoms in total. The van der Waals surface area contributed by atoms with E-state index < -0.39 is 5.97 Å². The van der Waals surface area contributed by atoms with Crippen LogP contribution in [0.5, 0.6) is 5.75 Å². The van der Waals surface area contributed by atoms with Crippen molar-refractivity contribution >= 4 is 23.9 Å². The van der Waals surface area contributed by atoms with Gasteiger partial charge in [0.15, 0.2) is 0 Å².